The number of allylic oxidation sites excluding steroid dienone is 1. The summed E-state index contributed by atoms with van der Waals surface area (Å²) < 4.78 is 6.83. The van der Waals surface area contributed by atoms with E-state index in [1.807, 2.05) is 6.92 Å². The van der Waals surface area contributed by atoms with Gasteiger partial charge in [0, 0.05) is 6.54 Å². The number of nitrogen functional groups attached to an aromatic ring is 1. The standard InChI is InChI=1S/C16H20N4O2/c1-5-8-22-16(21)13-11(4)19-15-12(14(13)17)9-18-20(15)7-6-10(2)3/h5,9H,1-2,6-8H2,3-4H3,(H2,17,19). The average Bonchev–Trinajstić information content (AvgIpc) is 2.86. The summed E-state index contributed by atoms with van der Waals surface area (Å²) in [7, 11) is 0. The van der Waals surface area contributed by atoms with E-state index in [2.05, 4.69) is 23.2 Å². The Kier molecular flexibility index (Phi) is 4.60. The van der Waals surface area contributed by atoms with Crippen LogP contribution in [-0.2, 0) is 11.3 Å². The highest BCUT2D eigenvalue weighted by atomic mass is 16.5. The van der Waals surface area contributed by atoms with E-state index >= 15 is 0 Å². The lowest BCUT2D eigenvalue weighted by atomic mass is 10.1. The van der Waals surface area contributed by atoms with Gasteiger partial charge in [-0.2, -0.15) is 5.10 Å². The topological polar surface area (TPSA) is 83.0 Å². The van der Waals surface area contributed by atoms with Gasteiger partial charge in [0.25, 0.3) is 0 Å². The van der Waals surface area contributed by atoms with Crippen LogP contribution in [0.4, 0.5) is 5.69 Å². The van der Waals surface area contributed by atoms with E-state index in [1.165, 1.54) is 6.08 Å². The monoisotopic (exact) mass is 300 g/mol. The van der Waals surface area contributed by atoms with Crippen molar-refractivity contribution in [2.24, 2.45) is 0 Å². The summed E-state index contributed by atoms with van der Waals surface area (Å²) in [6.07, 6.45) is 3.94. The fourth-order valence-electron chi connectivity index (χ4n) is 2.16. The maximum Gasteiger partial charge on any atom is 0.342 e. The number of esters is 1. The van der Waals surface area contributed by atoms with Gasteiger partial charge in [-0.3, -0.25) is 0 Å². The molecule has 2 aromatic rings. The molecule has 2 rings (SSSR count). The van der Waals surface area contributed by atoms with Crippen LogP contribution >= 0.6 is 0 Å². The van der Waals surface area contributed by atoms with Crippen molar-refractivity contribution in [1.82, 2.24) is 14.8 Å². The third-order valence-electron chi connectivity index (χ3n) is 3.29. The number of pyridine rings is 1. The number of hydrogen-bond acceptors (Lipinski definition) is 5. The van der Waals surface area contributed by atoms with Gasteiger partial charge in [-0.15, -0.1) is 6.58 Å². The number of anilines is 1. The van der Waals surface area contributed by atoms with Crippen LogP contribution in [-0.4, -0.2) is 27.3 Å². The highest BCUT2D eigenvalue weighted by molar-refractivity contribution is 6.04. The number of carbonyl (C=O) groups is 1. The van der Waals surface area contributed by atoms with Gasteiger partial charge in [-0.25, -0.2) is 14.5 Å². The van der Waals surface area contributed by atoms with Crippen LogP contribution in [0.2, 0.25) is 0 Å². The molecule has 0 unspecified atom stereocenters. The first kappa shape index (κ1) is 15.8. The average molecular weight is 300 g/mol. The van der Waals surface area contributed by atoms with Crippen LogP contribution in [0.15, 0.2) is 31.0 Å². The molecule has 0 atom stereocenters. The van der Waals surface area contributed by atoms with Gasteiger partial charge in [0.1, 0.15) is 12.2 Å². The van der Waals surface area contributed by atoms with E-state index < -0.39 is 5.97 Å². The molecule has 2 heterocycles. The summed E-state index contributed by atoms with van der Waals surface area (Å²) in [6.45, 7) is 11.9. The molecule has 6 heteroatoms. The van der Waals surface area contributed by atoms with Gasteiger partial charge in [0.05, 0.1) is 23.0 Å². The van der Waals surface area contributed by atoms with E-state index in [-0.39, 0.29) is 12.2 Å². The largest absolute Gasteiger partial charge is 0.458 e. The molecule has 0 aliphatic rings. The number of nitrogens with two attached hydrogens (primary N) is 1. The van der Waals surface area contributed by atoms with E-state index in [9.17, 15) is 4.79 Å². The van der Waals surface area contributed by atoms with Crippen molar-refractivity contribution in [2.45, 2.75) is 26.8 Å². The third kappa shape index (κ3) is 3.00. The van der Waals surface area contributed by atoms with Crippen molar-refractivity contribution in [3.63, 3.8) is 0 Å². The Morgan fingerprint density at radius 2 is 2.27 bits per heavy atom. The van der Waals surface area contributed by atoms with Gasteiger partial charge < -0.3 is 10.5 Å². The Morgan fingerprint density at radius 3 is 2.91 bits per heavy atom. The number of ether oxygens (including phenoxy) is 1. The molecule has 0 spiro atoms. The molecule has 2 N–H and O–H groups in total. The molecular weight excluding hydrogens is 280 g/mol. The smallest absolute Gasteiger partial charge is 0.342 e. The lowest BCUT2D eigenvalue weighted by Gasteiger charge is -2.10. The SMILES string of the molecule is C=CCOC(=O)c1c(C)nc2c(cnn2CCC(=C)C)c1N. The predicted octanol–water partition coefficient (Wildman–Crippen LogP) is 2.63. The van der Waals surface area contributed by atoms with Crippen LogP contribution in [0.1, 0.15) is 29.4 Å². The second-order valence-corrected chi connectivity index (χ2v) is 5.19. The Labute approximate surface area is 129 Å². The number of aryl methyl sites for hydroxylation is 2. The van der Waals surface area contributed by atoms with Crippen molar-refractivity contribution < 1.29 is 9.53 Å². The van der Waals surface area contributed by atoms with Crippen LogP contribution in [0.3, 0.4) is 0 Å². The Morgan fingerprint density at radius 1 is 1.55 bits per heavy atom. The maximum absolute atomic E-state index is 12.1. The lowest BCUT2D eigenvalue weighted by Crippen LogP contribution is -2.12. The number of rotatable bonds is 6. The van der Waals surface area contributed by atoms with E-state index in [0.717, 1.165) is 12.0 Å². The van der Waals surface area contributed by atoms with Gasteiger partial charge in [0.2, 0.25) is 0 Å². The maximum atomic E-state index is 12.1. The van der Waals surface area contributed by atoms with Crippen LogP contribution in [0.25, 0.3) is 11.0 Å². The normalized spacial score (nSPS) is 10.6. The summed E-state index contributed by atoms with van der Waals surface area (Å²) in [6, 6.07) is 0. The summed E-state index contributed by atoms with van der Waals surface area (Å²) in [5.74, 6) is -0.501. The first-order valence-electron chi connectivity index (χ1n) is 6.99. The number of aromatic nitrogens is 3. The highest BCUT2D eigenvalue weighted by Gasteiger charge is 2.20. The second-order valence-electron chi connectivity index (χ2n) is 5.19. The second kappa shape index (κ2) is 6.43. The van der Waals surface area contributed by atoms with Crippen molar-refractivity contribution in [1.29, 1.82) is 0 Å². The molecule has 0 amide bonds. The first-order chi connectivity index (χ1) is 10.5. The molecule has 0 bridgehead atoms. The minimum Gasteiger partial charge on any atom is -0.458 e. The Hall–Kier alpha value is -2.63. The number of fused-ring (bicyclic) bond motifs is 1. The van der Waals surface area contributed by atoms with Crippen molar-refractivity contribution in [3.05, 3.63) is 42.3 Å². The summed E-state index contributed by atoms with van der Waals surface area (Å²) in [5.41, 5.74) is 9.01. The third-order valence-corrected chi connectivity index (χ3v) is 3.29. The Balaban J connectivity index is 2.44. The Bertz CT molecular complexity index is 746. The fourth-order valence-corrected chi connectivity index (χ4v) is 2.16. The molecule has 0 aliphatic heterocycles. The van der Waals surface area contributed by atoms with Gasteiger partial charge in [0.15, 0.2) is 5.65 Å². The van der Waals surface area contributed by atoms with Gasteiger partial charge >= 0.3 is 5.97 Å². The molecule has 0 aliphatic carbocycles. The lowest BCUT2D eigenvalue weighted by molar-refractivity contribution is 0.0550. The predicted molar refractivity (Wildman–Crippen MR) is 86.6 cm³/mol. The van der Waals surface area contributed by atoms with Crippen molar-refractivity contribution in [2.75, 3.05) is 12.3 Å². The number of carbonyl (C=O) groups excluding carboxylic acids is 1. The van der Waals surface area contributed by atoms with Crippen LogP contribution in [0.5, 0.6) is 0 Å². The van der Waals surface area contributed by atoms with Crippen LogP contribution in [0, 0.1) is 6.92 Å². The zero-order chi connectivity index (χ0) is 16.3. The van der Waals surface area contributed by atoms with Crippen molar-refractivity contribution in [3.8, 4) is 0 Å². The molecule has 22 heavy (non-hydrogen) atoms. The van der Waals surface area contributed by atoms with E-state index in [1.54, 1.807) is 17.8 Å². The first-order valence-corrected chi connectivity index (χ1v) is 6.99. The minimum absolute atomic E-state index is 0.133. The van der Waals surface area contributed by atoms with Gasteiger partial charge in [-0.05, 0) is 20.3 Å². The molecule has 116 valence electrons. The van der Waals surface area contributed by atoms with E-state index in [0.29, 0.717) is 29.0 Å². The fraction of sp³-hybridized carbons (Fsp3) is 0.312. The number of nitrogens with zero attached hydrogens (tertiary/aromatic N) is 3. The molecule has 0 saturated heterocycles. The molecule has 6 nitrogen and oxygen atoms in total. The zero-order valence-corrected chi connectivity index (χ0v) is 12.9. The summed E-state index contributed by atoms with van der Waals surface area (Å²) in [5, 5.41) is 4.95. The molecule has 0 radical (unpaired) electrons. The molecule has 0 saturated carbocycles. The zero-order valence-electron chi connectivity index (χ0n) is 12.9. The quantitative estimate of drug-likeness (QED) is 0.655. The molecule has 0 aromatic carbocycles. The van der Waals surface area contributed by atoms with Crippen LogP contribution < -0.4 is 5.73 Å². The minimum atomic E-state index is -0.501. The molecule has 2 aromatic heterocycles. The summed E-state index contributed by atoms with van der Waals surface area (Å²) in [4.78, 5) is 16.5. The van der Waals surface area contributed by atoms with Gasteiger partial charge in [-0.1, -0.05) is 18.2 Å². The summed E-state index contributed by atoms with van der Waals surface area (Å²) >= 11 is 0. The van der Waals surface area contributed by atoms with E-state index in [4.69, 9.17) is 10.5 Å². The molecule has 0 fully saturated rings. The number of hydrogen-bond donors (Lipinski definition) is 1. The highest BCUT2D eigenvalue weighted by Crippen LogP contribution is 2.26. The van der Waals surface area contributed by atoms with Crippen molar-refractivity contribution >= 4 is 22.7 Å². The molecular formula is C16H20N4O2.